The topological polar surface area (TPSA) is 38.5 Å². The van der Waals surface area contributed by atoms with E-state index in [4.69, 9.17) is 10.5 Å². The molecule has 0 amide bonds. The van der Waals surface area contributed by atoms with Gasteiger partial charge < -0.3 is 10.5 Å². The van der Waals surface area contributed by atoms with Crippen molar-refractivity contribution in [3.63, 3.8) is 0 Å². The van der Waals surface area contributed by atoms with Crippen LogP contribution < -0.4 is 5.73 Å². The highest BCUT2D eigenvalue weighted by atomic mass is 16.5. The molecule has 2 fully saturated rings. The fraction of sp³-hybridized carbons (Fsp3) is 1.00. The summed E-state index contributed by atoms with van der Waals surface area (Å²) in [7, 11) is 0. The zero-order valence-electron chi connectivity index (χ0n) is 9.11. The van der Waals surface area contributed by atoms with Crippen LogP contribution in [0.3, 0.4) is 0 Å². The summed E-state index contributed by atoms with van der Waals surface area (Å²) in [5, 5.41) is 0. The second kappa shape index (κ2) is 4.60. The van der Waals surface area contributed by atoms with Crippen LogP contribution >= 0.6 is 0 Å². The molecule has 2 saturated heterocycles. The summed E-state index contributed by atoms with van der Waals surface area (Å²) < 4.78 is 5.85. The Hall–Kier alpha value is -0.120. The van der Waals surface area contributed by atoms with Gasteiger partial charge >= 0.3 is 0 Å². The highest BCUT2D eigenvalue weighted by molar-refractivity contribution is 4.82. The van der Waals surface area contributed by atoms with E-state index in [1.165, 1.54) is 25.8 Å². The van der Waals surface area contributed by atoms with Gasteiger partial charge in [-0.3, -0.25) is 4.90 Å². The lowest BCUT2D eigenvalue weighted by atomic mass is 10.2. The first-order valence-electron chi connectivity index (χ1n) is 5.89. The molecule has 2 heterocycles. The molecule has 3 heteroatoms. The van der Waals surface area contributed by atoms with Crippen molar-refractivity contribution in [3.8, 4) is 0 Å². The molecule has 0 spiro atoms. The molecule has 2 aliphatic rings. The molecule has 0 aromatic heterocycles. The second-order valence-electron chi connectivity index (χ2n) is 4.68. The third kappa shape index (κ3) is 2.27. The van der Waals surface area contributed by atoms with Gasteiger partial charge in [0.2, 0.25) is 0 Å². The third-order valence-electron chi connectivity index (χ3n) is 3.59. The molecule has 3 nitrogen and oxygen atoms in total. The molecule has 2 N–H and O–H groups in total. The molecular formula is C11H22N2O. The maximum atomic E-state index is 5.85. The lowest BCUT2D eigenvalue weighted by Crippen LogP contribution is -2.35. The summed E-state index contributed by atoms with van der Waals surface area (Å²) in [6, 6.07) is 0.760. The first kappa shape index (κ1) is 10.4. The molecule has 0 aromatic carbocycles. The zero-order valence-corrected chi connectivity index (χ0v) is 9.11. The van der Waals surface area contributed by atoms with Gasteiger partial charge in [0, 0.05) is 19.1 Å². The lowest BCUT2D eigenvalue weighted by Gasteiger charge is -2.24. The Morgan fingerprint density at radius 1 is 1.29 bits per heavy atom. The molecule has 82 valence electrons. The molecule has 0 bridgehead atoms. The van der Waals surface area contributed by atoms with E-state index in [0.29, 0.717) is 18.8 Å². The molecule has 0 aromatic rings. The average Bonchev–Trinajstić information content (AvgIpc) is 2.77. The number of hydrogen-bond acceptors (Lipinski definition) is 3. The molecule has 3 unspecified atom stereocenters. The van der Waals surface area contributed by atoms with Crippen molar-refractivity contribution in [2.75, 3.05) is 19.6 Å². The van der Waals surface area contributed by atoms with Crippen LogP contribution in [0, 0.1) is 0 Å². The number of rotatable bonds is 3. The van der Waals surface area contributed by atoms with Crippen LogP contribution in [0.5, 0.6) is 0 Å². The SMILES string of the molecule is CC1CCCN1CC1CCC(CN)O1. The fourth-order valence-electron chi connectivity index (χ4n) is 2.61. The maximum absolute atomic E-state index is 5.85. The summed E-state index contributed by atoms with van der Waals surface area (Å²) in [5.74, 6) is 0. The Kier molecular flexibility index (Phi) is 3.42. The maximum Gasteiger partial charge on any atom is 0.0707 e. The van der Waals surface area contributed by atoms with Crippen molar-refractivity contribution < 1.29 is 4.74 Å². The summed E-state index contributed by atoms with van der Waals surface area (Å²) in [6.07, 6.45) is 5.84. The van der Waals surface area contributed by atoms with Crippen molar-refractivity contribution in [3.05, 3.63) is 0 Å². The number of nitrogens with two attached hydrogens (primary N) is 1. The highest BCUT2D eigenvalue weighted by Crippen LogP contribution is 2.23. The molecule has 0 saturated carbocycles. The van der Waals surface area contributed by atoms with E-state index in [1.807, 2.05) is 0 Å². The van der Waals surface area contributed by atoms with Gasteiger partial charge in [0.05, 0.1) is 12.2 Å². The van der Waals surface area contributed by atoms with Gasteiger partial charge in [0.25, 0.3) is 0 Å². The highest BCUT2D eigenvalue weighted by Gasteiger charge is 2.29. The molecule has 14 heavy (non-hydrogen) atoms. The summed E-state index contributed by atoms with van der Waals surface area (Å²) >= 11 is 0. The van der Waals surface area contributed by atoms with Crippen LogP contribution in [0.4, 0.5) is 0 Å². The predicted octanol–water partition coefficient (Wildman–Crippen LogP) is 0.977. The Morgan fingerprint density at radius 2 is 2.07 bits per heavy atom. The van der Waals surface area contributed by atoms with E-state index < -0.39 is 0 Å². The Labute approximate surface area is 86.6 Å². The van der Waals surface area contributed by atoms with Gasteiger partial charge in [-0.1, -0.05) is 0 Å². The standard InChI is InChI=1S/C11H22N2O/c1-9-3-2-6-13(9)8-11-5-4-10(7-12)14-11/h9-11H,2-8,12H2,1H3. The predicted molar refractivity (Wildman–Crippen MR) is 57.2 cm³/mol. The molecule has 2 rings (SSSR count). The molecule has 2 aliphatic heterocycles. The Bertz CT molecular complexity index is 186. The summed E-state index contributed by atoms with van der Waals surface area (Å²) in [5.41, 5.74) is 5.59. The zero-order chi connectivity index (χ0) is 9.97. The van der Waals surface area contributed by atoms with Crippen molar-refractivity contribution in [1.29, 1.82) is 0 Å². The lowest BCUT2D eigenvalue weighted by molar-refractivity contribution is 0.0258. The van der Waals surface area contributed by atoms with Crippen LogP contribution in [0.25, 0.3) is 0 Å². The van der Waals surface area contributed by atoms with Crippen LogP contribution in [0.15, 0.2) is 0 Å². The van der Waals surface area contributed by atoms with Crippen LogP contribution in [-0.2, 0) is 4.74 Å². The number of ether oxygens (including phenoxy) is 1. The number of hydrogen-bond donors (Lipinski definition) is 1. The van der Waals surface area contributed by atoms with Gasteiger partial charge in [-0.25, -0.2) is 0 Å². The van der Waals surface area contributed by atoms with E-state index in [0.717, 1.165) is 19.0 Å². The number of likely N-dealkylation sites (tertiary alicyclic amines) is 1. The van der Waals surface area contributed by atoms with Gasteiger partial charge in [-0.2, -0.15) is 0 Å². The van der Waals surface area contributed by atoms with Crippen molar-refractivity contribution in [2.45, 2.75) is 50.9 Å². The largest absolute Gasteiger partial charge is 0.372 e. The molecule has 0 radical (unpaired) electrons. The van der Waals surface area contributed by atoms with E-state index in [1.54, 1.807) is 0 Å². The Morgan fingerprint density at radius 3 is 2.64 bits per heavy atom. The van der Waals surface area contributed by atoms with Crippen molar-refractivity contribution in [2.24, 2.45) is 5.73 Å². The fourth-order valence-corrected chi connectivity index (χ4v) is 2.61. The van der Waals surface area contributed by atoms with E-state index in [9.17, 15) is 0 Å². The minimum absolute atomic E-state index is 0.331. The van der Waals surface area contributed by atoms with Crippen molar-refractivity contribution in [1.82, 2.24) is 4.90 Å². The molecule has 3 atom stereocenters. The summed E-state index contributed by atoms with van der Waals surface area (Å²) in [6.45, 7) is 5.39. The molecular weight excluding hydrogens is 176 g/mol. The van der Waals surface area contributed by atoms with E-state index in [2.05, 4.69) is 11.8 Å². The normalized spacial score (nSPS) is 39.4. The van der Waals surface area contributed by atoms with Crippen LogP contribution in [0.1, 0.15) is 32.6 Å². The van der Waals surface area contributed by atoms with E-state index >= 15 is 0 Å². The van der Waals surface area contributed by atoms with Gasteiger partial charge in [-0.15, -0.1) is 0 Å². The van der Waals surface area contributed by atoms with Crippen LogP contribution in [-0.4, -0.2) is 42.8 Å². The smallest absolute Gasteiger partial charge is 0.0707 e. The van der Waals surface area contributed by atoms with Gasteiger partial charge in [0.15, 0.2) is 0 Å². The minimum atomic E-state index is 0.331. The monoisotopic (exact) mass is 198 g/mol. The first-order valence-corrected chi connectivity index (χ1v) is 5.89. The average molecular weight is 198 g/mol. The van der Waals surface area contributed by atoms with E-state index in [-0.39, 0.29) is 0 Å². The van der Waals surface area contributed by atoms with Crippen molar-refractivity contribution >= 4 is 0 Å². The first-order chi connectivity index (χ1) is 6.79. The third-order valence-corrected chi connectivity index (χ3v) is 3.59. The number of nitrogens with zero attached hydrogens (tertiary/aromatic N) is 1. The molecule has 0 aliphatic carbocycles. The van der Waals surface area contributed by atoms with Gasteiger partial charge in [-0.05, 0) is 39.2 Å². The van der Waals surface area contributed by atoms with Gasteiger partial charge in [0.1, 0.15) is 0 Å². The second-order valence-corrected chi connectivity index (χ2v) is 4.68. The summed E-state index contributed by atoms with van der Waals surface area (Å²) in [4.78, 5) is 2.56. The minimum Gasteiger partial charge on any atom is -0.372 e. The van der Waals surface area contributed by atoms with Crippen LogP contribution in [0.2, 0.25) is 0 Å². The Balaban J connectivity index is 1.75. The quantitative estimate of drug-likeness (QED) is 0.734.